The van der Waals surface area contributed by atoms with Gasteiger partial charge in [0.15, 0.2) is 28.8 Å². The average molecular weight is 603 g/mol. The third-order valence-electron chi connectivity index (χ3n) is 6.75. The van der Waals surface area contributed by atoms with Crippen LogP contribution in [0.4, 0.5) is 0 Å². The molecule has 0 heterocycles. The Morgan fingerprint density at radius 3 is 0.800 bits per heavy atom. The Labute approximate surface area is 250 Å². The van der Waals surface area contributed by atoms with Crippen molar-refractivity contribution in [3.8, 4) is 0 Å². The molecule has 0 bridgehead atoms. The van der Waals surface area contributed by atoms with Crippen molar-refractivity contribution in [1.82, 2.24) is 0 Å². The summed E-state index contributed by atoms with van der Waals surface area (Å²) in [5.74, 6) is 1.44. The minimum absolute atomic E-state index is 0.216. The first-order valence-electron chi connectivity index (χ1n) is 16.1. The van der Waals surface area contributed by atoms with Crippen LogP contribution >= 0.6 is 0 Å². The summed E-state index contributed by atoms with van der Waals surface area (Å²) in [6.07, 6.45) is -2.25. The highest BCUT2D eigenvalue weighted by molar-refractivity contribution is 6.75. The number of hydrogen-bond acceptors (Lipinski definition) is 6. The van der Waals surface area contributed by atoms with Crippen LogP contribution in [0.1, 0.15) is 96.9 Å². The Balaban J connectivity index is 7.16. The normalized spacial score (nSPS) is 14.6. The van der Waals surface area contributed by atoms with Crippen molar-refractivity contribution in [2.45, 2.75) is 145 Å². The fourth-order valence-corrected chi connectivity index (χ4v) is 18.7. The summed E-state index contributed by atoms with van der Waals surface area (Å²) in [5, 5.41) is 0. The van der Waals surface area contributed by atoms with Crippen molar-refractivity contribution in [2.75, 3.05) is 13.2 Å². The minimum Gasteiger partial charge on any atom is -0.464 e. The SMILES string of the molecule is CCOC(=O)C(O[Si](CC(C)C)(CC(C)C)CC(C)C)C(O[Si](CC(C)C)(CC(C)C)CC(C)C)C(=O)OCC. The molecule has 0 fully saturated rings. The zero-order valence-electron chi connectivity index (χ0n) is 28.7. The van der Waals surface area contributed by atoms with Gasteiger partial charge in [-0.1, -0.05) is 83.1 Å². The number of rotatable bonds is 21. The van der Waals surface area contributed by atoms with Crippen LogP contribution in [0.5, 0.6) is 0 Å². The Morgan fingerprint density at radius 2 is 0.650 bits per heavy atom. The number of esters is 2. The molecular formula is C32H66O6Si2. The summed E-state index contributed by atoms with van der Waals surface area (Å²) < 4.78 is 25.5. The highest BCUT2D eigenvalue weighted by Crippen LogP contribution is 2.38. The summed E-state index contributed by atoms with van der Waals surface area (Å²) >= 11 is 0. The van der Waals surface area contributed by atoms with Crippen LogP contribution in [0.25, 0.3) is 0 Å². The largest absolute Gasteiger partial charge is 0.464 e. The van der Waals surface area contributed by atoms with E-state index < -0.39 is 40.8 Å². The van der Waals surface area contributed by atoms with Crippen LogP contribution in [-0.2, 0) is 27.9 Å². The minimum atomic E-state index is -2.52. The van der Waals surface area contributed by atoms with E-state index >= 15 is 0 Å². The molecule has 0 aromatic carbocycles. The lowest BCUT2D eigenvalue weighted by atomic mass is 10.2. The van der Waals surface area contributed by atoms with Crippen molar-refractivity contribution in [3.05, 3.63) is 0 Å². The van der Waals surface area contributed by atoms with E-state index in [1.807, 2.05) is 0 Å². The maximum Gasteiger partial charge on any atom is 0.337 e. The van der Waals surface area contributed by atoms with Gasteiger partial charge in [0.1, 0.15) is 0 Å². The molecule has 0 amide bonds. The number of carbonyl (C=O) groups excluding carboxylic acids is 2. The fraction of sp³-hybridized carbons (Fsp3) is 0.938. The van der Waals surface area contributed by atoms with Crippen LogP contribution in [0.3, 0.4) is 0 Å². The summed E-state index contributed by atoms with van der Waals surface area (Å²) in [4.78, 5) is 27.6. The zero-order valence-corrected chi connectivity index (χ0v) is 30.7. The molecule has 238 valence electrons. The Bertz CT molecular complexity index is 607. The quantitative estimate of drug-likeness (QED) is 0.0966. The van der Waals surface area contributed by atoms with Crippen molar-refractivity contribution >= 4 is 28.6 Å². The maximum atomic E-state index is 13.8. The topological polar surface area (TPSA) is 71.1 Å². The molecule has 0 saturated heterocycles. The first kappa shape index (κ1) is 39.3. The smallest absolute Gasteiger partial charge is 0.337 e. The van der Waals surface area contributed by atoms with E-state index in [1.165, 1.54) is 0 Å². The molecule has 2 atom stereocenters. The third-order valence-corrected chi connectivity index (χ3v) is 17.6. The first-order chi connectivity index (χ1) is 18.4. The van der Waals surface area contributed by atoms with Gasteiger partial charge < -0.3 is 18.3 Å². The van der Waals surface area contributed by atoms with Gasteiger partial charge in [0, 0.05) is 0 Å². The first-order valence-corrected chi connectivity index (χ1v) is 21.2. The molecule has 0 aliphatic carbocycles. The molecule has 6 nitrogen and oxygen atoms in total. The summed E-state index contributed by atoms with van der Waals surface area (Å²) in [7, 11) is -5.03. The van der Waals surface area contributed by atoms with Crippen LogP contribution < -0.4 is 0 Å². The molecule has 2 unspecified atom stereocenters. The lowest BCUT2D eigenvalue weighted by Crippen LogP contribution is -2.57. The molecule has 40 heavy (non-hydrogen) atoms. The second-order valence-corrected chi connectivity index (χ2v) is 22.2. The Morgan fingerprint density at radius 1 is 0.450 bits per heavy atom. The van der Waals surface area contributed by atoms with Crippen LogP contribution in [0.2, 0.25) is 36.3 Å². The lowest BCUT2D eigenvalue weighted by Gasteiger charge is -2.43. The molecule has 8 heteroatoms. The van der Waals surface area contributed by atoms with Crippen molar-refractivity contribution in [2.24, 2.45) is 35.5 Å². The number of hydrogen-bond donors (Lipinski definition) is 0. The van der Waals surface area contributed by atoms with Crippen LogP contribution in [0.15, 0.2) is 0 Å². The van der Waals surface area contributed by atoms with Gasteiger partial charge in [-0.3, -0.25) is 0 Å². The zero-order chi connectivity index (χ0) is 31.3. The molecule has 0 aliphatic heterocycles. The van der Waals surface area contributed by atoms with E-state index in [4.69, 9.17) is 18.3 Å². The fourth-order valence-electron chi connectivity index (χ4n) is 6.71. The highest BCUT2D eigenvalue weighted by Gasteiger charge is 2.50. The Hall–Kier alpha value is -0.706. The van der Waals surface area contributed by atoms with Crippen LogP contribution in [-0.4, -0.2) is 54.0 Å². The molecule has 0 aromatic rings. The van der Waals surface area contributed by atoms with Crippen molar-refractivity contribution in [3.63, 3.8) is 0 Å². The second kappa shape index (κ2) is 18.8. The molecule has 0 N–H and O–H groups in total. The van der Waals surface area contributed by atoms with Gasteiger partial charge >= 0.3 is 11.9 Å². The molecule has 0 radical (unpaired) electrons. The van der Waals surface area contributed by atoms with E-state index in [1.54, 1.807) is 13.8 Å². The Kier molecular flexibility index (Phi) is 18.4. The van der Waals surface area contributed by atoms with Gasteiger partial charge in [0.2, 0.25) is 0 Å². The molecule has 0 saturated carbocycles. The molecule has 0 aromatic heterocycles. The van der Waals surface area contributed by atoms with Crippen molar-refractivity contribution < 1.29 is 27.9 Å². The van der Waals surface area contributed by atoms with Crippen LogP contribution in [0, 0.1) is 35.5 Å². The van der Waals surface area contributed by atoms with Gasteiger partial charge in [-0.05, 0) is 85.6 Å². The van der Waals surface area contributed by atoms with Gasteiger partial charge in [-0.25, -0.2) is 9.59 Å². The summed E-state index contributed by atoms with van der Waals surface area (Å²) in [6.45, 7) is 30.6. The summed E-state index contributed by atoms with van der Waals surface area (Å²) in [5.41, 5.74) is 0. The molecule has 0 aliphatic rings. The third kappa shape index (κ3) is 15.0. The number of ether oxygens (including phenoxy) is 2. The predicted molar refractivity (Wildman–Crippen MR) is 172 cm³/mol. The molecule has 0 spiro atoms. The molecular weight excluding hydrogens is 537 g/mol. The van der Waals surface area contributed by atoms with E-state index in [2.05, 4.69) is 83.1 Å². The standard InChI is InChI=1S/C32H66O6Si2/c1-15-35-31(33)29(37-39(17-23(3)4,18-24(5)6)19-25(7)8)30(32(34)36-16-2)38-40(20-26(9)10,21-27(11)12)22-28(13)14/h23-30H,15-22H2,1-14H3. The van der Waals surface area contributed by atoms with E-state index in [-0.39, 0.29) is 13.2 Å². The van der Waals surface area contributed by atoms with E-state index in [0.29, 0.717) is 35.5 Å². The molecule has 0 rings (SSSR count). The lowest BCUT2D eigenvalue weighted by molar-refractivity contribution is -0.170. The van der Waals surface area contributed by atoms with Crippen molar-refractivity contribution in [1.29, 1.82) is 0 Å². The highest BCUT2D eigenvalue weighted by atomic mass is 28.4. The van der Waals surface area contributed by atoms with Gasteiger partial charge in [-0.2, -0.15) is 0 Å². The maximum absolute atomic E-state index is 13.8. The monoisotopic (exact) mass is 602 g/mol. The number of carbonyl (C=O) groups is 2. The van der Waals surface area contributed by atoms with E-state index in [0.717, 1.165) is 36.3 Å². The predicted octanol–water partition coefficient (Wildman–Crippen LogP) is 8.71. The average Bonchev–Trinajstić information content (AvgIpc) is 2.73. The van der Waals surface area contributed by atoms with E-state index in [9.17, 15) is 9.59 Å². The van der Waals surface area contributed by atoms with Gasteiger partial charge in [-0.15, -0.1) is 0 Å². The van der Waals surface area contributed by atoms with Gasteiger partial charge in [0.25, 0.3) is 0 Å². The summed E-state index contributed by atoms with van der Waals surface area (Å²) in [6, 6.07) is 5.51. The second-order valence-electron chi connectivity index (χ2n) is 14.5. The van der Waals surface area contributed by atoms with Gasteiger partial charge in [0.05, 0.1) is 13.2 Å².